The fraction of sp³-hybridized carbons (Fsp3) is 0.208. The highest BCUT2D eigenvalue weighted by Crippen LogP contribution is 2.25. The van der Waals surface area contributed by atoms with Gasteiger partial charge in [0.15, 0.2) is 0 Å². The van der Waals surface area contributed by atoms with Gasteiger partial charge in [-0.2, -0.15) is 4.31 Å². The van der Waals surface area contributed by atoms with Crippen LogP contribution in [0.3, 0.4) is 0 Å². The molecule has 0 fully saturated rings. The second kappa shape index (κ2) is 11.0. The number of hydrogen-bond acceptors (Lipinski definition) is 4. The van der Waals surface area contributed by atoms with Crippen molar-refractivity contribution < 1.29 is 17.9 Å². The summed E-state index contributed by atoms with van der Waals surface area (Å²) in [5, 5.41) is 3.40. The Morgan fingerprint density at radius 2 is 1.64 bits per heavy atom. The number of sulfonamides is 1. The highest BCUT2D eigenvalue weighted by Gasteiger charge is 2.27. The third-order valence-corrected chi connectivity index (χ3v) is 7.32. The molecule has 0 aromatic heterocycles. The van der Waals surface area contributed by atoms with E-state index in [0.717, 1.165) is 9.87 Å². The first kappa shape index (κ1) is 25.1. The smallest absolute Gasteiger partial charge is 0.243 e. The maximum Gasteiger partial charge on any atom is 0.243 e. The SMILES string of the molecule is CCOc1ccc(NC(=O)CN(Cc2ccc(Cl)c(Cl)c2)S(=O)(=O)c2ccc(C)cc2)cc1. The Labute approximate surface area is 204 Å². The number of aryl methyl sites for hydroxylation is 1. The molecule has 3 rings (SSSR count). The maximum atomic E-state index is 13.4. The Morgan fingerprint density at radius 3 is 2.24 bits per heavy atom. The van der Waals surface area contributed by atoms with Gasteiger partial charge in [0.2, 0.25) is 15.9 Å². The lowest BCUT2D eigenvalue weighted by molar-refractivity contribution is -0.116. The number of halogens is 2. The molecule has 0 saturated carbocycles. The van der Waals surface area contributed by atoms with E-state index in [4.69, 9.17) is 27.9 Å². The summed E-state index contributed by atoms with van der Waals surface area (Å²) in [5.74, 6) is 0.202. The fourth-order valence-corrected chi connectivity index (χ4v) is 4.79. The maximum absolute atomic E-state index is 13.4. The zero-order valence-electron chi connectivity index (χ0n) is 18.2. The minimum absolute atomic E-state index is 0.0518. The summed E-state index contributed by atoms with van der Waals surface area (Å²) in [5.41, 5.74) is 2.07. The van der Waals surface area contributed by atoms with Gasteiger partial charge in [0.1, 0.15) is 5.75 Å². The Hall–Kier alpha value is -2.58. The second-order valence-corrected chi connectivity index (χ2v) is 10.1. The lowest BCUT2D eigenvalue weighted by Crippen LogP contribution is -2.37. The summed E-state index contributed by atoms with van der Waals surface area (Å²) in [6, 6.07) is 18.2. The minimum atomic E-state index is -3.96. The molecule has 1 N–H and O–H groups in total. The van der Waals surface area contributed by atoms with Crippen LogP contribution in [-0.2, 0) is 21.4 Å². The predicted octanol–water partition coefficient (Wildman–Crippen LogP) is 5.53. The number of amides is 1. The van der Waals surface area contributed by atoms with Crippen LogP contribution >= 0.6 is 23.2 Å². The lowest BCUT2D eigenvalue weighted by Gasteiger charge is -2.22. The first-order chi connectivity index (χ1) is 15.7. The van der Waals surface area contributed by atoms with Gasteiger partial charge in [0.05, 0.1) is 28.1 Å². The molecule has 0 spiro atoms. The zero-order chi connectivity index (χ0) is 24.0. The third-order valence-electron chi connectivity index (χ3n) is 4.77. The molecule has 0 aliphatic rings. The third kappa shape index (κ3) is 6.71. The number of nitrogens with one attached hydrogen (secondary N) is 1. The van der Waals surface area contributed by atoms with Crippen LogP contribution in [0.5, 0.6) is 5.75 Å². The number of carbonyl (C=O) groups excluding carboxylic acids is 1. The van der Waals surface area contributed by atoms with Crippen LogP contribution < -0.4 is 10.1 Å². The number of nitrogens with zero attached hydrogens (tertiary/aromatic N) is 1. The molecule has 1 amide bonds. The molecular formula is C24H24Cl2N2O4S. The van der Waals surface area contributed by atoms with Crippen molar-refractivity contribution in [1.82, 2.24) is 4.31 Å². The van der Waals surface area contributed by atoms with Gasteiger partial charge in [-0.15, -0.1) is 0 Å². The van der Waals surface area contributed by atoms with Gasteiger partial charge in [-0.05, 0) is 67.9 Å². The van der Waals surface area contributed by atoms with Crippen LogP contribution in [0.4, 0.5) is 5.69 Å². The Balaban J connectivity index is 1.84. The fourth-order valence-electron chi connectivity index (χ4n) is 3.09. The van der Waals surface area contributed by atoms with E-state index in [9.17, 15) is 13.2 Å². The normalized spacial score (nSPS) is 11.4. The van der Waals surface area contributed by atoms with E-state index in [2.05, 4.69) is 5.32 Å². The van der Waals surface area contributed by atoms with E-state index in [-0.39, 0.29) is 18.0 Å². The quantitative estimate of drug-likeness (QED) is 0.413. The van der Waals surface area contributed by atoms with Crippen LogP contribution in [0.25, 0.3) is 0 Å². The van der Waals surface area contributed by atoms with Gasteiger partial charge in [0, 0.05) is 12.2 Å². The summed E-state index contributed by atoms with van der Waals surface area (Å²) >= 11 is 12.1. The van der Waals surface area contributed by atoms with E-state index in [1.165, 1.54) is 12.1 Å². The predicted molar refractivity (Wildman–Crippen MR) is 131 cm³/mol. The average molecular weight is 507 g/mol. The molecular weight excluding hydrogens is 483 g/mol. The molecule has 3 aromatic rings. The van der Waals surface area contributed by atoms with Crippen LogP contribution in [0.1, 0.15) is 18.1 Å². The second-order valence-electron chi connectivity index (χ2n) is 7.34. The first-order valence-electron chi connectivity index (χ1n) is 10.2. The molecule has 0 atom stereocenters. The van der Waals surface area contributed by atoms with Crippen molar-refractivity contribution in [3.63, 3.8) is 0 Å². The molecule has 0 heterocycles. The largest absolute Gasteiger partial charge is 0.494 e. The lowest BCUT2D eigenvalue weighted by atomic mass is 10.2. The van der Waals surface area contributed by atoms with Crippen LogP contribution in [0, 0.1) is 6.92 Å². The molecule has 0 aliphatic carbocycles. The van der Waals surface area contributed by atoms with E-state index in [1.807, 2.05) is 13.8 Å². The van der Waals surface area contributed by atoms with E-state index in [0.29, 0.717) is 33.7 Å². The number of hydrogen-bond donors (Lipinski definition) is 1. The zero-order valence-corrected chi connectivity index (χ0v) is 20.5. The summed E-state index contributed by atoms with van der Waals surface area (Å²) in [6.07, 6.45) is 0. The van der Waals surface area contributed by atoms with E-state index >= 15 is 0 Å². The molecule has 0 saturated heterocycles. The standard InChI is InChI=1S/C24H24Cl2N2O4S/c1-3-32-20-9-7-19(8-10-20)27-24(29)16-28(15-18-6-13-22(25)23(26)14-18)33(30,31)21-11-4-17(2)5-12-21/h4-14H,3,15-16H2,1-2H3,(H,27,29). The van der Waals surface area contributed by atoms with Crippen LogP contribution in [0.15, 0.2) is 71.6 Å². The van der Waals surface area contributed by atoms with Gasteiger partial charge in [-0.1, -0.05) is 47.0 Å². The molecule has 0 radical (unpaired) electrons. The Bertz CT molecular complexity index is 1210. The first-order valence-corrected chi connectivity index (χ1v) is 12.4. The molecule has 6 nitrogen and oxygen atoms in total. The van der Waals surface area contributed by atoms with E-state index in [1.54, 1.807) is 54.6 Å². The highest BCUT2D eigenvalue weighted by molar-refractivity contribution is 7.89. The van der Waals surface area contributed by atoms with Gasteiger partial charge in [0.25, 0.3) is 0 Å². The number of carbonyl (C=O) groups is 1. The molecule has 0 bridgehead atoms. The monoisotopic (exact) mass is 506 g/mol. The number of ether oxygens (including phenoxy) is 1. The van der Waals surface area contributed by atoms with Gasteiger partial charge >= 0.3 is 0 Å². The van der Waals surface area contributed by atoms with Crippen LogP contribution in [0.2, 0.25) is 10.0 Å². The van der Waals surface area contributed by atoms with Crippen molar-refractivity contribution in [1.29, 1.82) is 0 Å². The molecule has 3 aromatic carbocycles. The Kier molecular flexibility index (Phi) is 8.37. The van der Waals surface area contributed by atoms with Gasteiger partial charge in [-0.3, -0.25) is 4.79 Å². The summed E-state index contributed by atoms with van der Waals surface area (Å²) in [4.78, 5) is 12.9. The molecule has 9 heteroatoms. The summed E-state index contributed by atoms with van der Waals surface area (Å²) < 4.78 is 33.3. The molecule has 0 aliphatic heterocycles. The highest BCUT2D eigenvalue weighted by atomic mass is 35.5. The van der Waals surface area contributed by atoms with Crippen molar-refractivity contribution in [3.05, 3.63) is 87.9 Å². The topological polar surface area (TPSA) is 75.7 Å². The van der Waals surface area contributed by atoms with E-state index < -0.39 is 15.9 Å². The van der Waals surface area contributed by atoms with Crippen molar-refractivity contribution >= 4 is 44.8 Å². The van der Waals surface area contributed by atoms with Crippen molar-refractivity contribution in [2.45, 2.75) is 25.3 Å². The van der Waals surface area contributed by atoms with Crippen molar-refractivity contribution in [3.8, 4) is 5.75 Å². The molecule has 33 heavy (non-hydrogen) atoms. The summed E-state index contributed by atoms with van der Waals surface area (Å²) in [6.45, 7) is 3.85. The Morgan fingerprint density at radius 1 is 0.970 bits per heavy atom. The average Bonchev–Trinajstić information content (AvgIpc) is 2.77. The summed E-state index contributed by atoms with van der Waals surface area (Å²) in [7, 11) is -3.96. The van der Waals surface area contributed by atoms with Crippen LogP contribution in [-0.4, -0.2) is 31.8 Å². The number of anilines is 1. The number of rotatable bonds is 9. The van der Waals surface area contributed by atoms with Gasteiger partial charge < -0.3 is 10.1 Å². The minimum Gasteiger partial charge on any atom is -0.494 e. The molecule has 0 unspecified atom stereocenters. The molecule has 174 valence electrons. The number of benzene rings is 3. The van der Waals surface area contributed by atoms with Crippen molar-refractivity contribution in [2.24, 2.45) is 0 Å². The van der Waals surface area contributed by atoms with Crippen molar-refractivity contribution in [2.75, 3.05) is 18.5 Å². The van der Waals surface area contributed by atoms with Gasteiger partial charge in [-0.25, -0.2) is 8.42 Å².